The van der Waals surface area contributed by atoms with E-state index in [4.69, 9.17) is 14.9 Å². The first-order chi connectivity index (χ1) is 10.7. The van der Waals surface area contributed by atoms with Gasteiger partial charge in [0.15, 0.2) is 0 Å². The van der Waals surface area contributed by atoms with E-state index in [1.807, 2.05) is 0 Å². The fourth-order valence-corrected chi connectivity index (χ4v) is 2.64. The summed E-state index contributed by atoms with van der Waals surface area (Å²) in [4.78, 5) is 20.7. The molecule has 128 valence electrons. The van der Waals surface area contributed by atoms with E-state index in [1.165, 1.54) is 25.7 Å². The molecule has 0 radical (unpaired) electrons. The van der Waals surface area contributed by atoms with Crippen molar-refractivity contribution in [1.29, 1.82) is 0 Å². The smallest absolute Gasteiger partial charge is 0.303 e. The molecule has 1 N–H and O–H groups in total. The van der Waals surface area contributed by atoms with Gasteiger partial charge in [-0.3, -0.25) is 4.79 Å². The van der Waals surface area contributed by atoms with Crippen LogP contribution >= 0.6 is 0 Å². The van der Waals surface area contributed by atoms with E-state index in [9.17, 15) is 4.79 Å². The minimum absolute atomic E-state index is 0.137. The second kappa shape index (κ2) is 12.7. The predicted molar refractivity (Wildman–Crippen MR) is 87.6 cm³/mol. The van der Waals surface area contributed by atoms with Gasteiger partial charge in [-0.15, -0.1) is 0 Å². The van der Waals surface area contributed by atoms with Gasteiger partial charge in [0.25, 0.3) is 0 Å². The highest BCUT2D eigenvalue weighted by atomic mass is 17.2. The molecule has 0 saturated carbocycles. The summed E-state index contributed by atoms with van der Waals surface area (Å²) in [6.07, 6.45) is 17.6. The second-order valence-corrected chi connectivity index (χ2v) is 6.17. The first kappa shape index (κ1) is 19.2. The fourth-order valence-electron chi connectivity index (χ4n) is 2.64. The quantitative estimate of drug-likeness (QED) is 0.278. The van der Waals surface area contributed by atoms with Crippen LogP contribution in [0, 0.1) is 0 Å². The van der Waals surface area contributed by atoms with Crippen molar-refractivity contribution in [3.8, 4) is 0 Å². The van der Waals surface area contributed by atoms with E-state index in [0.717, 1.165) is 44.9 Å². The van der Waals surface area contributed by atoms with Gasteiger partial charge in [0.05, 0.1) is 0 Å². The number of carboxylic acids is 1. The summed E-state index contributed by atoms with van der Waals surface area (Å²) in [5.41, 5.74) is 0. The van der Waals surface area contributed by atoms with Crippen LogP contribution in [0.4, 0.5) is 0 Å². The van der Waals surface area contributed by atoms with Crippen molar-refractivity contribution in [2.45, 2.75) is 96.2 Å². The number of allylic oxidation sites excluding steroid dienone is 1. The molecule has 0 amide bonds. The Bertz CT molecular complexity index is 314. The number of carboxylic acid groups (broad SMARTS) is 1. The molecule has 1 saturated heterocycles. The summed E-state index contributed by atoms with van der Waals surface area (Å²) in [5.74, 6) is -0.690. The van der Waals surface area contributed by atoms with E-state index in [1.54, 1.807) is 0 Å². The van der Waals surface area contributed by atoms with Crippen molar-refractivity contribution < 1.29 is 19.7 Å². The number of hydrogen-bond acceptors (Lipinski definition) is 3. The van der Waals surface area contributed by atoms with Gasteiger partial charge < -0.3 is 5.11 Å². The van der Waals surface area contributed by atoms with Crippen LogP contribution in [0.5, 0.6) is 0 Å². The molecular weight excluding hydrogens is 280 g/mol. The van der Waals surface area contributed by atoms with Crippen molar-refractivity contribution in [3.63, 3.8) is 0 Å². The first-order valence-electron chi connectivity index (χ1n) is 8.94. The average molecular weight is 312 g/mol. The van der Waals surface area contributed by atoms with Crippen LogP contribution in [0.2, 0.25) is 0 Å². The molecule has 0 bridgehead atoms. The van der Waals surface area contributed by atoms with Crippen LogP contribution in [-0.4, -0.2) is 23.3 Å². The monoisotopic (exact) mass is 312 g/mol. The summed E-state index contributed by atoms with van der Waals surface area (Å²) in [6, 6.07) is 0. The summed E-state index contributed by atoms with van der Waals surface area (Å²) >= 11 is 0. The molecule has 2 unspecified atom stereocenters. The van der Waals surface area contributed by atoms with E-state index in [-0.39, 0.29) is 12.2 Å². The number of unbranched alkanes of at least 4 members (excludes halogenated alkanes) is 8. The SMILES string of the molecule is CCCCCC/C=C/C1OOC1CCCCCCCC(=O)O. The maximum atomic E-state index is 10.4. The summed E-state index contributed by atoms with van der Waals surface area (Å²) in [6.45, 7) is 2.23. The van der Waals surface area contributed by atoms with Gasteiger partial charge in [-0.2, -0.15) is 0 Å². The zero-order valence-electron chi connectivity index (χ0n) is 14.0. The third kappa shape index (κ3) is 9.21. The highest BCUT2D eigenvalue weighted by Gasteiger charge is 2.31. The highest BCUT2D eigenvalue weighted by Crippen LogP contribution is 2.24. The van der Waals surface area contributed by atoms with Gasteiger partial charge in [0.1, 0.15) is 12.2 Å². The fraction of sp³-hybridized carbons (Fsp3) is 0.833. The normalized spacial score (nSPS) is 21.1. The van der Waals surface area contributed by atoms with Crippen LogP contribution < -0.4 is 0 Å². The zero-order chi connectivity index (χ0) is 16.0. The lowest BCUT2D eigenvalue weighted by Crippen LogP contribution is -2.41. The number of carbonyl (C=O) groups is 1. The molecule has 0 spiro atoms. The van der Waals surface area contributed by atoms with Crippen molar-refractivity contribution >= 4 is 5.97 Å². The Morgan fingerprint density at radius 3 is 2.41 bits per heavy atom. The standard InChI is InChI=1S/C18H32O4/c1-2-3-4-5-7-10-13-16-17(22-21-16)14-11-8-6-9-12-15-18(19)20/h10,13,16-17H,2-9,11-12,14-15H2,1H3,(H,19,20)/b13-10+. The van der Waals surface area contributed by atoms with Crippen LogP contribution in [-0.2, 0) is 14.6 Å². The van der Waals surface area contributed by atoms with Crippen molar-refractivity contribution in [3.05, 3.63) is 12.2 Å². The van der Waals surface area contributed by atoms with Gasteiger partial charge in [0.2, 0.25) is 0 Å². The Kier molecular flexibility index (Phi) is 11.0. The molecule has 0 aliphatic carbocycles. The Labute approximate surface area is 134 Å². The number of rotatable bonds is 14. The van der Waals surface area contributed by atoms with E-state index in [2.05, 4.69) is 19.1 Å². The molecule has 2 atom stereocenters. The van der Waals surface area contributed by atoms with Gasteiger partial charge in [-0.25, -0.2) is 9.78 Å². The molecule has 1 rings (SSSR count). The summed E-state index contributed by atoms with van der Waals surface area (Å²) in [5, 5.41) is 8.55. The van der Waals surface area contributed by atoms with E-state index >= 15 is 0 Å². The topological polar surface area (TPSA) is 55.8 Å². The lowest BCUT2D eigenvalue weighted by Gasteiger charge is -2.32. The van der Waals surface area contributed by atoms with Gasteiger partial charge in [0, 0.05) is 6.42 Å². The molecule has 0 aromatic heterocycles. The molecule has 22 heavy (non-hydrogen) atoms. The van der Waals surface area contributed by atoms with E-state index < -0.39 is 5.97 Å². The van der Waals surface area contributed by atoms with E-state index in [0.29, 0.717) is 6.42 Å². The minimum Gasteiger partial charge on any atom is -0.481 e. The molecule has 0 aromatic carbocycles. The Hall–Kier alpha value is -0.870. The Morgan fingerprint density at radius 1 is 1.00 bits per heavy atom. The van der Waals surface area contributed by atoms with Crippen molar-refractivity contribution in [2.75, 3.05) is 0 Å². The third-order valence-corrected chi connectivity index (χ3v) is 4.09. The van der Waals surface area contributed by atoms with Gasteiger partial charge >= 0.3 is 5.97 Å². The van der Waals surface area contributed by atoms with Crippen LogP contribution in [0.25, 0.3) is 0 Å². The van der Waals surface area contributed by atoms with Gasteiger partial charge in [-0.05, 0) is 25.7 Å². The summed E-state index contributed by atoms with van der Waals surface area (Å²) in [7, 11) is 0. The maximum Gasteiger partial charge on any atom is 0.303 e. The number of aliphatic carboxylic acids is 1. The zero-order valence-corrected chi connectivity index (χ0v) is 14.0. The summed E-state index contributed by atoms with van der Waals surface area (Å²) < 4.78 is 0. The Morgan fingerprint density at radius 2 is 1.73 bits per heavy atom. The molecule has 1 aliphatic heterocycles. The van der Waals surface area contributed by atoms with Crippen LogP contribution in [0.3, 0.4) is 0 Å². The molecular formula is C18H32O4. The third-order valence-electron chi connectivity index (χ3n) is 4.09. The lowest BCUT2D eigenvalue weighted by atomic mass is 10.0. The number of hydrogen-bond donors (Lipinski definition) is 1. The first-order valence-corrected chi connectivity index (χ1v) is 8.94. The Balaban J connectivity index is 1.93. The molecule has 1 heterocycles. The molecule has 4 nitrogen and oxygen atoms in total. The maximum absolute atomic E-state index is 10.4. The predicted octanol–water partition coefficient (Wildman–Crippen LogP) is 5.03. The minimum atomic E-state index is -0.690. The molecule has 0 aromatic rings. The molecule has 1 aliphatic rings. The molecule has 1 fully saturated rings. The van der Waals surface area contributed by atoms with Gasteiger partial charge in [-0.1, -0.05) is 64.0 Å². The van der Waals surface area contributed by atoms with Crippen molar-refractivity contribution in [1.82, 2.24) is 0 Å². The average Bonchev–Trinajstić information content (AvgIpc) is 2.47. The largest absolute Gasteiger partial charge is 0.481 e. The lowest BCUT2D eigenvalue weighted by molar-refractivity contribution is -0.452. The van der Waals surface area contributed by atoms with Crippen molar-refractivity contribution in [2.24, 2.45) is 0 Å². The molecule has 4 heteroatoms. The van der Waals surface area contributed by atoms with Crippen LogP contribution in [0.15, 0.2) is 12.2 Å². The highest BCUT2D eigenvalue weighted by molar-refractivity contribution is 5.66. The van der Waals surface area contributed by atoms with Crippen LogP contribution in [0.1, 0.15) is 84.0 Å². The second-order valence-electron chi connectivity index (χ2n) is 6.17.